The predicted molar refractivity (Wildman–Crippen MR) is 77.1 cm³/mol. The Hall–Kier alpha value is -2.76. The minimum absolute atomic E-state index is 0.353. The Morgan fingerprint density at radius 2 is 1.95 bits per heavy atom. The van der Waals surface area contributed by atoms with E-state index in [1.807, 2.05) is 19.1 Å². The van der Waals surface area contributed by atoms with Gasteiger partial charge in [0, 0.05) is 6.20 Å². The van der Waals surface area contributed by atoms with Crippen molar-refractivity contribution in [3.05, 3.63) is 54.1 Å². The number of imidazole rings is 1. The highest BCUT2D eigenvalue weighted by Crippen LogP contribution is 2.29. The maximum absolute atomic E-state index is 13.4. The van der Waals surface area contributed by atoms with Gasteiger partial charge in [0.05, 0.1) is 12.8 Å². The van der Waals surface area contributed by atoms with Crippen molar-refractivity contribution in [1.29, 1.82) is 0 Å². The minimum atomic E-state index is -0.353. The first-order chi connectivity index (χ1) is 10.2. The van der Waals surface area contributed by atoms with Crippen LogP contribution in [0.4, 0.5) is 15.9 Å². The molecule has 0 fully saturated rings. The second-order valence-corrected chi connectivity index (χ2v) is 4.47. The molecule has 0 atom stereocenters. The summed E-state index contributed by atoms with van der Waals surface area (Å²) in [6.07, 6.45) is 1.34. The largest absolute Gasteiger partial charge is 0.494 e. The summed E-state index contributed by atoms with van der Waals surface area (Å²) in [5.74, 6) is 0.767. The van der Waals surface area contributed by atoms with Crippen LogP contribution in [-0.4, -0.2) is 16.5 Å². The van der Waals surface area contributed by atoms with Crippen molar-refractivity contribution < 1.29 is 9.13 Å². The molecule has 106 valence electrons. The molecule has 0 aliphatic heterocycles. The van der Waals surface area contributed by atoms with Gasteiger partial charge < -0.3 is 4.74 Å². The van der Waals surface area contributed by atoms with E-state index in [1.54, 1.807) is 29.7 Å². The van der Waals surface area contributed by atoms with Gasteiger partial charge in [-0.3, -0.25) is 4.40 Å². The molecule has 21 heavy (non-hydrogen) atoms. The second-order valence-electron chi connectivity index (χ2n) is 4.47. The first kappa shape index (κ1) is 13.2. The summed E-state index contributed by atoms with van der Waals surface area (Å²) in [4.78, 5) is 4.32. The molecule has 5 nitrogen and oxygen atoms in total. The number of fused-ring (bicyclic) bond motifs is 1. The molecular formula is C15H13FN4O. The lowest BCUT2D eigenvalue weighted by atomic mass is 10.3. The molecule has 3 rings (SSSR count). The fraction of sp³-hybridized carbons (Fsp3) is 0.133. The molecule has 1 aromatic carbocycles. The molecule has 0 spiro atoms. The lowest BCUT2D eigenvalue weighted by Crippen LogP contribution is -1.85. The smallest absolute Gasteiger partial charge is 0.182 e. The fourth-order valence-electron chi connectivity index (χ4n) is 2.06. The number of aromatic nitrogens is 2. The molecule has 6 heteroatoms. The number of halogens is 1. The van der Waals surface area contributed by atoms with Crippen LogP contribution in [0.1, 0.15) is 5.69 Å². The number of hydrogen-bond donors (Lipinski definition) is 0. The van der Waals surface area contributed by atoms with Crippen molar-refractivity contribution in [2.75, 3.05) is 7.11 Å². The third-order valence-corrected chi connectivity index (χ3v) is 3.06. The number of aryl methyl sites for hydroxylation is 1. The van der Waals surface area contributed by atoms with E-state index in [-0.39, 0.29) is 5.82 Å². The minimum Gasteiger partial charge on any atom is -0.494 e. The van der Waals surface area contributed by atoms with Crippen LogP contribution in [-0.2, 0) is 0 Å². The van der Waals surface area contributed by atoms with E-state index in [0.717, 1.165) is 0 Å². The lowest BCUT2D eigenvalue weighted by Gasteiger charge is -2.02. The number of pyridine rings is 1. The van der Waals surface area contributed by atoms with E-state index in [1.165, 1.54) is 12.3 Å². The predicted octanol–water partition coefficient (Wildman–Crippen LogP) is 4.21. The van der Waals surface area contributed by atoms with Crippen molar-refractivity contribution in [1.82, 2.24) is 9.38 Å². The topological polar surface area (TPSA) is 51.2 Å². The number of para-hydroxylation sites is 1. The number of hydrogen-bond acceptors (Lipinski definition) is 4. The highest BCUT2D eigenvalue weighted by atomic mass is 19.1. The number of benzene rings is 1. The van der Waals surface area contributed by atoms with Crippen molar-refractivity contribution in [3.8, 4) is 5.75 Å². The maximum Gasteiger partial charge on any atom is 0.182 e. The Balaban J connectivity index is 2.07. The number of methoxy groups -OCH3 is 1. The monoisotopic (exact) mass is 284 g/mol. The van der Waals surface area contributed by atoms with Gasteiger partial charge in [0.1, 0.15) is 22.9 Å². The maximum atomic E-state index is 13.4. The van der Waals surface area contributed by atoms with Crippen molar-refractivity contribution >= 4 is 17.2 Å². The summed E-state index contributed by atoms with van der Waals surface area (Å²) in [5, 5.41) is 8.37. The molecule has 0 unspecified atom stereocenters. The van der Waals surface area contributed by atoms with Crippen LogP contribution >= 0.6 is 0 Å². The van der Waals surface area contributed by atoms with E-state index in [2.05, 4.69) is 15.2 Å². The zero-order valence-electron chi connectivity index (χ0n) is 11.6. The normalized spacial score (nSPS) is 11.4. The van der Waals surface area contributed by atoms with Crippen LogP contribution in [0, 0.1) is 12.7 Å². The quantitative estimate of drug-likeness (QED) is 0.676. The summed E-state index contributed by atoms with van der Waals surface area (Å²) in [5.41, 5.74) is 1.91. The lowest BCUT2D eigenvalue weighted by molar-refractivity contribution is 0.416. The van der Waals surface area contributed by atoms with E-state index >= 15 is 0 Å². The fourth-order valence-corrected chi connectivity index (χ4v) is 2.06. The Bertz CT molecular complexity index is 826. The summed E-state index contributed by atoms with van der Waals surface area (Å²) in [6.45, 7) is 1.81. The second kappa shape index (κ2) is 5.32. The molecule has 0 saturated heterocycles. The highest BCUT2D eigenvalue weighted by Gasteiger charge is 2.09. The molecule has 0 saturated carbocycles. The SMILES string of the molecule is COc1ccccc1N=Nc1c(C)nc2ccc(F)cn12. The molecule has 0 radical (unpaired) electrons. The summed E-state index contributed by atoms with van der Waals surface area (Å²) >= 11 is 0. The van der Waals surface area contributed by atoms with Crippen LogP contribution < -0.4 is 4.74 Å². The van der Waals surface area contributed by atoms with Gasteiger partial charge in [0.2, 0.25) is 0 Å². The van der Waals surface area contributed by atoms with Crippen LogP contribution in [0.5, 0.6) is 5.75 Å². The van der Waals surface area contributed by atoms with Crippen molar-refractivity contribution in [2.24, 2.45) is 10.2 Å². The Kier molecular flexibility index (Phi) is 3.35. The molecule has 0 aliphatic carbocycles. The zero-order valence-corrected chi connectivity index (χ0v) is 11.6. The van der Waals surface area contributed by atoms with E-state index in [0.29, 0.717) is 28.6 Å². The number of ether oxygens (including phenoxy) is 1. The van der Waals surface area contributed by atoms with Crippen LogP contribution in [0.15, 0.2) is 52.8 Å². The third-order valence-electron chi connectivity index (χ3n) is 3.06. The van der Waals surface area contributed by atoms with Gasteiger partial charge in [-0.2, -0.15) is 0 Å². The molecule has 0 N–H and O–H groups in total. The Morgan fingerprint density at radius 3 is 2.76 bits per heavy atom. The number of nitrogens with zero attached hydrogens (tertiary/aromatic N) is 4. The number of azo groups is 1. The molecular weight excluding hydrogens is 271 g/mol. The standard InChI is InChI=1S/C15H13FN4O/c1-10-15(20-9-11(16)7-8-14(20)17-10)19-18-12-5-3-4-6-13(12)21-2/h3-9H,1-2H3. The Labute approximate surface area is 120 Å². The molecule has 2 aromatic heterocycles. The first-order valence-electron chi connectivity index (χ1n) is 6.38. The summed E-state index contributed by atoms with van der Waals surface area (Å²) in [7, 11) is 1.57. The third kappa shape index (κ3) is 2.47. The van der Waals surface area contributed by atoms with Crippen LogP contribution in [0.3, 0.4) is 0 Å². The van der Waals surface area contributed by atoms with Gasteiger partial charge in [-0.05, 0) is 31.2 Å². The molecule has 0 amide bonds. The van der Waals surface area contributed by atoms with E-state index < -0.39 is 0 Å². The van der Waals surface area contributed by atoms with Gasteiger partial charge in [0.15, 0.2) is 5.82 Å². The molecule has 3 aromatic rings. The van der Waals surface area contributed by atoms with Gasteiger partial charge in [-0.25, -0.2) is 9.37 Å². The zero-order chi connectivity index (χ0) is 14.8. The average Bonchev–Trinajstić information content (AvgIpc) is 2.80. The van der Waals surface area contributed by atoms with E-state index in [9.17, 15) is 4.39 Å². The Morgan fingerprint density at radius 1 is 1.14 bits per heavy atom. The first-order valence-corrected chi connectivity index (χ1v) is 6.38. The highest BCUT2D eigenvalue weighted by molar-refractivity contribution is 5.54. The molecule has 0 bridgehead atoms. The summed E-state index contributed by atoms with van der Waals surface area (Å²) < 4.78 is 20.2. The van der Waals surface area contributed by atoms with Gasteiger partial charge in [-0.15, -0.1) is 10.2 Å². The molecule has 0 aliphatic rings. The van der Waals surface area contributed by atoms with Gasteiger partial charge >= 0.3 is 0 Å². The van der Waals surface area contributed by atoms with Gasteiger partial charge in [-0.1, -0.05) is 12.1 Å². The molecule has 2 heterocycles. The average molecular weight is 284 g/mol. The van der Waals surface area contributed by atoms with Crippen LogP contribution in [0.25, 0.3) is 5.65 Å². The van der Waals surface area contributed by atoms with Gasteiger partial charge in [0.25, 0.3) is 0 Å². The summed E-state index contributed by atoms with van der Waals surface area (Å²) in [6, 6.07) is 10.3. The van der Waals surface area contributed by atoms with Crippen LogP contribution in [0.2, 0.25) is 0 Å². The number of rotatable bonds is 3. The van der Waals surface area contributed by atoms with Crippen molar-refractivity contribution in [2.45, 2.75) is 6.92 Å². The van der Waals surface area contributed by atoms with Crippen molar-refractivity contribution in [3.63, 3.8) is 0 Å². The van der Waals surface area contributed by atoms with E-state index in [4.69, 9.17) is 4.74 Å².